The van der Waals surface area contributed by atoms with E-state index in [-0.39, 0.29) is 25.1 Å². The van der Waals surface area contributed by atoms with Crippen LogP contribution in [0.15, 0.2) is 53.1 Å². The second kappa shape index (κ2) is 12.2. The van der Waals surface area contributed by atoms with Gasteiger partial charge in [-0.3, -0.25) is 14.4 Å². The number of ether oxygens (including phenoxy) is 2. The normalized spacial score (nSPS) is 10.8. The third-order valence-electron chi connectivity index (χ3n) is 5.25. The van der Waals surface area contributed by atoms with Crippen LogP contribution in [0.25, 0.3) is 6.08 Å². The van der Waals surface area contributed by atoms with Crippen molar-refractivity contribution in [3.05, 3.63) is 76.7 Å². The highest BCUT2D eigenvalue weighted by Gasteiger charge is 2.13. The second-order valence-corrected chi connectivity index (χ2v) is 7.84. The molecule has 0 spiro atoms. The Bertz CT molecular complexity index is 1260. The number of primary amides is 1. The first-order valence-electron chi connectivity index (χ1n) is 11.2. The van der Waals surface area contributed by atoms with Crippen LogP contribution in [-0.2, 0) is 16.2 Å². The van der Waals surface area contributed by atoms with E-state index in [1.54, 1.807) is 48.5 Å². The smallest absolute Gasteiger partial charge is 0.253 e. The fourth-order valence-corrected chi connectivity index (χ4v) is 3.30. The van der Waals surface area contributed by atoms with Gasteiger partial charge >= 0.3 is 0 Å². The van der Waals surface area contributed by atoms with Crippen LogP contribution in [0.5, 0.6) is 11.5 Å². The van der Waals surface area contributed by atoms with Gasteiger partial charge in [-0.2, -0.15) is 0 Å². The molecule has 0 aliphatic rings. The van der Waals surface area contributed by atoms with E-state index in [0.717, 1.165) is 11.3 Å². The Labute approximate surface area is 208 Å². The number of carbonyl (C=O) groups is 3. The molecule has 10 nitrogen and oxygen atoms in total. The number of methoxy groups -OCH3 is 1. The average molecular weight is 493 g/mol. The molecule has 1 heterocycles. The van der Waals surface area contributed by atoms with E-state index in [4.69, 9.17) is 19.7 Å². The monoisotopic (exact) mass is 492 g/mol. The van der Waals surface area contributed by atoms with Crippen LogP contribution in [0.1, 0.15) is 39.4 Å². The maximum Gasteiger partial charge on any atom is 0.253 e. The minimum absolute atomic E-state index is 0.0239. The Morgan fingerprint density at radius 3 is 2.58 bits per heavy atom. The van der Waals surface area contributed by atoms with Gasteiger partial charge < -0.3 is 30.4 Å². The molecule has 0 unspecified atom stereocenters. The van der Waals surface area contributed by atoms with E-state index in [2.05, 4.69) is 15.8 Å². The van der Waals surface area contributed by atoms with Crippen molar-refractivity contribution < 1.29 is 28.4 Å². The van der Waals surface area contributed by atoms with Gasteiger partial charge in [0.15, 0.2) is 11.5 Å². The molecule has 0 saturated heterocycles. The summed E-state index contributed by atoms with van der Waals surface area (Å²) in [6.45, 7) is 4.06. The van der Waals surface area contributed by atoms with Gasteiger partial charge in [0.1, 0.15) is 12.4 Å². The summed E-state index contributed by atoms with van der Waals surface area (Å²) in [6, 6.07) is 11.8. The van der Waals surface area contributed by atoms with Crippen molar-refractivity contribution in [1.82, 2.24) is 10.5 Å². The number of rotatable bonds is 11. The van der Waals surface area contributed by atoms with Gasteiger partial charge in [-0.15, -0.1) is 0 Å². The molecule has 0 aliphatic heterocycles. The van der Waals surface area contributed by atoms with E-state index in [1.165, 1.54) is 13.2 Å². The Balaban J connectivity index is 1.64. The average Bonchev–Trinajstić information content (AvgIpc) is 3.18. The molecular weight excluding hydrogens is 464 g/mol. The number of nitrogens with one attached hydrogen (secondary N) is 2. The summed E-state index contributed by atoms with van der Waals surface area (Å²) >= 11 is 0. The second-order valence-electron chi connectivity index (χ2n) is 7.84. The van der Waals surface area contributed by atoms with E-state index in [0.29, 0.717) is 28.5 Å². The van der Waals surface area contributed by atoms with E-state index in [1.807, 2.05) is 13.8 Å². The van der Waals surface area contributed by atoms with Gasteiger partial charge in [0.2, 0.25) is 11.8 Å². The lowest BCUT2D eigenvalue weighted by Crippen LogP contribution is -2.28. The molecule has 0 atom stereocenters. The van der Waals surface area contributed by atoms with Crippen LogP contribution in [0, 0.1) is 13.8 Å². The number of nitrogens with two attached hydrogens (primary N) is 1. The number of hydrogen-bond acceptors (Lipinski definition) is 7. The summed E-state index contributed by atoms with van der Waals surface area (Å²) in [5, 5.41) is 9.22. The molecule has 3 amide bonds. The lowest BCUT2D eigenvalue weighted by Gasteiger charge is -2.11. The first kappa shape index (κ1) is 26.0. The van der Waals surface area contributed by atoms with Crippen molar-refractivity contribution in [3.63, 3.8) is 0 Å². The van der Waals surface area contributed by atoms with Gasteiger partial charge in [0, 0.05) is 19.0 Å². The summed E-state index contributed by atoms with van der Waals surface area (Å²) < 4.78 is 16.5. The Morgan fingerprint density at radius 2 is 1.89 bits per heavy atom. The fourth-order valence-electron chi connectivity index (χ4n) is 3.30. The zero-order chi connectivity index (χ0) is 26.1. The van der Waals surface area contributed by atoms with Crippen LogP contribution in [0.3, 0.4) is 0 Å². The standard InChI is InChI=1S/C26H28N4O6/c1-16-20(17(2)36-30-16)15-35-22-10-8-18(14-23(22)34-3)9-11-25(32)29-21-7-5-4-6-19(21)26(33)28-13-12-24(27)31/h4-11,14H,12-13,15H2,1-3H3,(H2,27,31)(H,28,33)(H,29,32)/b11-9+. The molecule has 0 aliphatic carbocycles. The Kier molecular flexibility index (Phi) is 8.82. The predicted molar refractivity (Wildman–Crippen MR) is 134 cm³/mol. The molecule has 0 radical (unpaired) electrons. The van der Waals surface area contributed by atoms with Gasteiger partial charge in [0.05, 0.1) is 29.6 Å². The molecule has 10 heteroatoms. The first-order valence-corrected chi connectivity index (χ1v) is 11.2. The topological polar surface area (TPSA) is 146 Å². The highest BCUT2D eigenvalue weighted by molar-refractivity contribution is 6.07. The number of aromatic nitrogens is 1. The van der Waals surface area contributed by atoms with E-state index >= 15 is 0 Å². The third-order valence-corrected chi connectivity index (χ3v) is 5.25. The minimum atomic E-state index is -0.515. The van der Waals surface area contributed by atoms with Crippen molar-refractivity contribution in [2.24, 2.45) is 5.73 Å². The zero-order valence-corrected chi connectivity index (χ0v) is 20.3. The van der Waals surface area contributed by atoms with Crippen molar-refractivity contribution in [2.75, 3.05) is 19.0 Å². The number of hydrogen-bond donors (Lipinski definition) is 3. The van der Waals surface area contributed by atoms with Crippen LogP contribution in [0.4, 0.5) is 5.69 Å². The first-order chi connectivity index (χ1) is 17.3. The highest BCUT2D eigenvalue weighted by Crippen LogP contribution is 2.30. The molecule has 4 N–H and O–H groups in total. The van der Waals surface area contributed by atoms with Gasteiger partial charge in [-0.05, 0) is 49.8 Å². The fraction of sp³-hybridized carbons (Fsp3) is 0.231. The predicted octanol–water partition coefficient (Wildman–Crippen LogP) is 3.14. The minimum Gasteiger partial charge on any atom is -0.493 e. The van der Waals surface area contributed by atoms with Crippen LogP contribution in [-0.4, -0.2) is 36.5 Å². The molecule has 0 bridgehead atoms. The van der Waals surface area contributed by atoms with Gasteiger partial charge in [-0.1, -0.05) is 23.4 Å². The summed E-state index contributed by atoms with van der Waals surface area (Å²) in [4.78, 5) is 35.8. The number of para-hydroxylation sites is 1. The molecular formula is C26H28N4O6. The van der Waals surface area contributed by atoms with E-state index < -0.39 is 17.7 Å². The lowest BCUT2D eigenvalue weighted by atomic mass is 10.1. The Hall–Kier alpha value is -4.60. The summed E-state index contributed by atoms with van der Waals surface area (Å²) in [7, 11) is 1.53. The van der Waals surface area contributed by atoms with Crippen LogP contribution >= 0.6 is 0 Å². The molecule has 0 saturated carbocycles. The number of anilines is 1. The quantitative estimate of drug-likeness (QED) is 0.349. The molecule has 3 rings (SSSR count). The van der Waals surface area contributed by atoms with Crippen molar-refractivity contribution in [2.45, 2.75) is 26.9 Å². The summed E-state index contributed by atoms with van der Waals surface area (Å²) in [6.07, 6.45) is 2.99. The zero-order valence-electron chi connectivity index (χ0n) is 20.3. The summed E-state index contributed by atoms with van der Waals surface area (Å²) in [5.74, 6) is 0.372. The molecule has 3 aromatic rings. The number of nitrogens with zero attached hydrogens (tertiary/aromatic N) is 1. The molecule has 0 fully saturated rings. The maximum atomic E-state index is 12.5. The number of benzene rings is 2. The van der Waals surface area contributed by atoms with Crippen LogP contribution in [0.2, 0.25) is 0 Å². The summed E-state index contributed by atoms with van der Waals surface area (Å²) in [5.41, 5.74) is 8.05. The maximum absolute atomic E-state index is 12.5. The molecule has 36 heavy (non-hydrogen) atoms. The van der Waals surface area contributed by atoms with E-state index in [9.17, 15) is 14.4 Å². The molecule has 2 aromatic carbocycles. The highest BCUT2D eigenvalue weighted by atomic mass is 16.5. The van der Waals surface area contributed by atoms with Gasteiger partial charge in [0.25, 0.3) is 5.91 Å². The third kappa shape index (κ3) is 6.95. The lowest BCUT2D eigenvalue weighted by molar-refractivity contribution is -0.118. The number of carbonyl (C=O) groups excluding carboxylic acids is 3. The van der Waals surface area contributed by atoms with Crippen molar-refractivity contribution >= 4 is 29.5 Å². The largest absolute Gasteiger partial charge is 0.493 e. The Morgan fingerprint density at radius 1 is 1.11 bits per heavy atom. The van der Waals surface area contributed by atoms with Crippen molar-refractivity contribution in [1.29, 1.82) is 0 Å². The number of aryl methyl sites for hydroxylation is 2. The number of amides is 3. The van der Waals surface area contributed by atoms with Crippen LogP contribution < -0.4 is 25.8 Å². The SMILES string of the molecule is COc1cc(/C=C/C(=O)Nc2ccccc2C(=O)NCCC(N)=O)ccc1OCc1c(C)noc1C. The molecule has 1 aromatic heterocycles. The molecule has 188 valence electrons. The van der Waals surface area contributed by atoms with Crippen molar-refractivity contribution in [3.8, 4) is 11.5 Å². The van der Waals surface area contributed by atoms with Gasteiger partial charge in [-0.25, -0.2) is 0 Å².